The van der Waals surface area contributed by atoms with Crippen LogP contribution in [0, 0.1) is 17.6 Å². The van der Waals surface area contributed by atoms with Crippen molar-refractivity contribution in [2.75, 3.05) is 13.2 Å². The summed E-state index contributed by atoms with van der Waals surface area (Å²) >= 11 is 0. The number of benzene rings is 1. The first-order valence-electron chi connectivity index (χ1n) is 6.43. The van der Waals surface area contributed by atoms with E-state index in [0.29, 0.717) is 6.42 Å². The van der Waals surface area contributed by atoms with Gasteiger partial charge in [0, 0.05) is 24.8 Å². The van der Waals surface area contributed by atoms with Crippen LogP contribution < -0.4 is 5.32 Å². The van der Waals surface area contributed by atoms with Gasteiger partial charge in [-0.25, -0.2) is 8.78 Å². The molecule has 0 spiro atoms. The largest absolute Gasteiger partial charge is 0.396 e. The topological polar surface area (TPSA) is 52.5 Å². The molecule has 1 aromatic carbocycles. The number of rotatable bonds is 7. The third kappa shape index (κ3) is 4.86. The predicted octanol–water partition coefficient (Wildman–Crippen LogP) is 1.99. The van der Waals surface area contributed by atoms with Crippen LogP contribution in [0.1, 0.15) is 31.9 Å². The van der Waals surface area contributed by atoms with Gasteiger partial charge in [-0.1, -0.05) is 13.8 Å². The average Bonchev–Trinajstić information content (AvgIpc) is 2.36. The fourth-order valence-electron chi connectivity index (χ4n) is 1.95. The van der Waals surface area contributed by atoms with Gasteiger partial charge in [0.05, 0.1) is 6.10 Å². The molecule has 0 heterocycles. The summed E-state index contributed by atoms with van der Waals surface area (Å²) < 4.78 is 26.5. The van der Waals surface area contributed by atoms with Crippen LogP contribution in [0.5, 0.6) is 0 Å². The van der Waals surface area contributed by atoms with Crippen LogP contribution in [0.15, 0.2) is 18.2 Å². The van der Waals surface area contributed by atoms with E-state index in [4.69, 9.17) is 5.11 Å². The Kier molecular flexibility index (Phi) is 6.34. The van der Waals surface area contributed by atoms with Crippen molar-refractivity contribution >= 4 is 0 Å². The Morgan fingerprint density at radius 1 is 1.26 bits per heavy atom. The van der Waals surface area contributed by atoms with E-state index < -0.39 is 17.7 Å². The molecule has 19 heavy (non-hydrogen) atoms. The second-order valence-corrected chi connectivity index (χ2v) is 4.95. The number of hydrogen-bond donors (Lipinski definition) is 3. The SMILES string of the molecule is CC(C)C(CCO)NCC(O)c1cc(F)ccc1F. The Hall–Kier alpha value is -1.04. The smallest absolute Gasteiger partial charge is 0.129 e. The molecule has 0 saturated heterocycles. The zero-order valence-corrected chi connectivity index (χ0v) is 11.2. The standard InChI is InChI=1S/C14H21F2NO2/c1-9(2)13(5-6-18)17-8-14(19)11-7-10(15)3-4-12(11)16/h3-4,7,9,13-14,17-19H,5-6,8H2,1-2H3. The van der Waals surface area contributed by atoms with Crippen molar-refractivity contribution in [1.29, 1.82) is 0 Å². The molecular formula is C14H21F2NO2. The van der Waals surface area contributed by atoms with Crippen molar-refractivity contribution in [3.8, 4) is 0 Å². The Balaban J connectivity index is 2.63. The van der Waals surface area contributed by atoms with Gasteiger partial charge in [0.2, 0.25) is 0 Å². The molecule has 0 aliphatic rings. The van der Waals surface area contributed by atoms with E-state index in [2.05, 4.69) is 5.32 Å². The van der Waals surface area contributed by atoms with Crippen LogP contribution in [-0.2, 0) is 0 Å². The van der Waals surface area contributed by atoms with Gasteiger partial charge in [0.25, 0.3) is 0 Å². The number of aliphatic hydroxyl groups excluding tert-OH is 2. The monoisotopic (exact) mass is 273 g/mol. The van der Waals surface area contributed by atoms with Gasteiger partial charge in [0.1, 0.15) is 11.6 Å². The van der Waals surface area contributed by atoms with Crippen LogP contribution in [0.25, 0.3) is 0 Å². The minimum atomic E-state index is -1.12. The van der Waals surface area contributed by atoms with Crippen LogP contribution in [0.3, 0.4) is 0 Å². The average molecular weight is 273 g/mol. The lowest BCUT2D eigenvalue weighted by Crippen LogP contribution is -2.37. The minimum absolute atomic E-state index is 0.0243. The molecule has 0 aliphatic heterocycles. The van der Waals surface area contributed by atoms with E-state index in [-0.39, 0.29) is 30.7 Å². The van der Waals surface area contributed by atoms with Crippen LogP contribution in [-0.4, -0.2) is 29.4 Å². The second-order valence-electron chi connectivity index (χ2n) is 4.95. The van der Waals surface area contributed by atoms with Crippen LogP contribution in [0.4, 0.5) is 8.78 Å². The number of hydrogen-bond acceptors (Lipinski definition) is 3. The van der Waals surface area contributed by atoms with E-state index in [1.54, 1.807) is 0 Å². The Labute approximate surface area is 112 Å². The first-order chi connectivity index (χ1) is 8.95. The van der Waals surface area contributed by atoms with Crippen molar-refractivity contribution in [3.05, 3.63) is 35.4 Å². The summed E-state index contributed by atoms with van der Waals surface area (Å²) in [4.78, 5) is 0. The molecule has 0 radical (unpaired) electrons. The summed E-state index contributed by atoms with van der Waals surface area (Å²) in [6, 6.07) is 3.04. The molecule has 0 saturated carbocycles. The van der Waals surface area contributed by atoms with E-state index in [9.17, 15) is 13.9 Å². The summed E-state index contributed by atoms with van der Waals surface area (Å²) in [5.41, 5.74) is -0.0565. The predicted molar refractivity (Wildman–Crippen MR) is 69.6 cm³/mol. The Morgan fingerprint density at radius 3 is 2.53 bits per heavy atom. The third-order valence-corrected chi connectivity index (χ3v) is 3.14. The zero-order chi connectivity index (χ0) is 14.4. The Morgan fingerprint density at radius 2 is 1.95 bits per heavy atom. The molecule has 0 aromatic heterocycles. The number of nitrogens with one attached hydrogen (secondary N) is 1. The van der Waals surface area contributed by atoms with Gasteiger partial charge in [-0.3, -0.25) is 0 Å². The maximum Gasteiger partial charge on any atom is 0.129 e. The summed E-state index contributed by atoms with van der Waals surface area (Å²) in [7, 11) is 0. The van der Waals surface area contributed by atoms with Crippen LogP contribution >= 0.6 is 0 Å². The fourth-order valence-corrected chi connectivity index (χ4v) is 1.95. The fraction of sp³-hybridized carbons (Fsp3) is 0.571. The summed E-state index contributed by atoms with van der Waals surface area (Å²) in [6.45, 7) is 4.13. The highest BCUT2D eigenvalue weighted by Gasteiger charge is 2.17. The molecule has 3 N–H and O–H groups in total. The molecule has 2 unspecified atom stereocenters. The molecule has 1 rings (SSSR count). The lowest BCUT2D eigenvalue weighted by Gasteiger charge is -2.23. The highest BCUT2D eigenvalue weighted by molar-refractivity contribution is 5.21. The van der Waals surface area contributed by atoms with Crippen molar-refractivity contribution in [2.45, 2.75) is 32.4 Å². The zero-order valence-electron chi connectivity index (χ0n) is 11.2. The normalized spacial score (nSPS) is 14.7. The maximum atomic E-state index is 13.5. The van der Waals surface area contributed by atoms with E-state index >= 15 is 0 Å². The summed E-state index contributed by atoms with van der Waals surface area (Å²) in [5, 5.41) is 21.9. The molecule has 108 valence electrons. The van der Waals surface area contributed by atoms with Gasteiger partial charge >= 0.3 is 0 Å². The van der Waals surface area contributed by atoms with Gasteiger partial charge in [-0.2, -0.15) is 0 Å². The molecule has 0 aliphatic carbocycles. The van der Waals surface area contributed by atoms with Gasteiger partial charge < -0.3 is 15.5 Å². The molecule has 1 aromatic rings. The minimum Gasteiger partial charge on any atom is -0.396 e. The molecule has 2 atom stereocenters. The quantitative estimate of drug-likeness (QED) is 0.712. The van der Waals surface area contributed by atoms with Crippen molar-refractivity contribution in [1.82, 2.24) is 5.32 Å². The van der Waals surface area contributed by atoms with Crippen molar-refractivity contribution < 1.29 is 19.0 Å². The van der Waals surface area contributed by atoms with Gasteiger partial charge in [-0.05, 0) is 30.5 Å². The highest BCUT2D eigenvalue weighted by atomic mass is 19.1. The van der Waals surface area contributed by atoms with E-state index in [1.807, 2.05) is 13.8 Å². The number of aliphatic hydroxyl groups is 2. The van der Waals surface area contributed by atoms with Gasteiger partial charge in [-0.15, -0.1) is 0 Å². The summed E-state index contributed by atoms with van der Waals surface area (Å²) in [5.74, 6) is -0.929. The molecular weight excluding hydrogens is 252 g/mol. The molecule has 0 bridgehead atoms. The maximum absolute atomic E-state index is 13.5. The summed E-state index contributed by atoms with van der Waals surface area (Å²) in [6.07, 6.45) is -0.564. The molecule has 0 fully saturated rings. The van der Waals surface area contributed by atoms with Crippen LogP contribution in [0.2, 0.25) is 0 Å². The van der Waals surface area contributed by atoms with Gasteiger partial charge in [0.15, 0.2) is 0 Å². The highest BCUT2D eigenvalue weighted by Crippen LogP contribution is 2.18. The number of halogens is 2. The first-order valence-corrected chi connectivity index (χ1v) is 6.43. The molecule has 0 amide bonds. The molecule has 3 nitrogen and oxygen atoms in total. The van der Waals surface area contributed by atoms with E-state index in [0.717, 1.165) is 18.2 Å². The van der Waals surface area contributed by atoms with E-state index in [1.165, 1.54) is 0 Å². The lowest BCUT2D eigenvalue weighted by molar-refractivity contribution is 0.154. The molecule has 5 heteroatoms. The van der Waals surface area contributed by atoms with Crippen molar-refractivity contribution in [3.63, 3.8) is 0 Å². The van der Waals surface area contributed by atoms with Crippen molar-refractivity contribution in [2.24, 2.45) is 5.92 Å². The lowest BCUT2D eigenvalue weighted by atomic mass is 10.0. The Bertz CT molecular complexity index is 399. The second kappa shape index (κ2) is 7.53. The third-order valence-electron chi connectivity index (χ3n) is 3.14. The first kappa shape index (κ1) is 16.0.